The molecule has 0 saturated heterocycles. The number of pyridine rings is 1. The van der Waals surface area contributed by atoms with Gasteiger partial charge in [0.25, 0.3) is 5.56 Å². The van der Waals surface area contributed by atoms with Crippen LogP contribution in [0.15, 0.2) is 53.3 Å². The van der Waals surface area contributed by atoms with Crippen molar-refractivity contribution < 1.29 is 19.4 Å². The number of aromatic nitrogens is 1. The molecule has 6 heteroatoms. The van der Waals surface area contributed by atoms with Gasteiger partial charge in [0.15, 0.2) is 11.4 Å². The van der Waals surface area contributed by atoms with E-state index in [2.05, 4.69) is 0 Å². The number of nitrogens with zero attached hydrogens (tertiary/aromatic N) is 1. The minimum Gasteiger partial charge on any atom is -0.490 e. The molecule has 1 aliphatic carbocycles. The van der Waals surface area contributed by atoms with E-state index in [1.807, 2.05) is 37.3 Å². The summed E-state index contributed by atoms with van der Waals surface area (Å²) in [6.07, 6.45) is 3.75. The Morgan fingerprint density at radius 1 is 1.10 bits per heavy atom. The molecule has 0 atom stereocenters. The molecule has 0 unspecified atom stereocenters. The van der Waals surface area contributed by atoms with E-state index in [9.17, 15) is 14.7 Å². The number of fused-ring (bicyclic) bond motifs is 1. The van der Waals surface area contributed by atoms with Crippen LogP contribution in [0.3, 0.4) is 0 Å². The Hall–Kier alpha value is -3.28. The highest BCUT2D eigenvalue weighted by molar-refractivity contribution is 5.99. The number of benzene rings is 2. The first-order chi connectivity index (χ1) is 15.1. The minimum atomic E-state index is -1.15. The van der Waals surface area contributed by atoms with Crippen molar-refractivity contribution in [2.24, 2.45) is 5.92 Å². The van der Waals surface area contributed by atoms with Crippen LogP contribution in [-0.4, -0.2) is 22.2 Å². The van der Waals surface area contributed by atoms with Crippen LogP contribution in [0.1, 0.15) is 48.7 Å². The molecule has 0 radical (unpaired) electrons. The van der Waals surface area contributed by atoms with Crippen molar-refractivity contribution in [1.82, 2.24) is 4.57 Å². The third-order valence-electron chi connectivity index (χ3n) is 5.53. The number of rotatable bonds is 10. The average Bonchev–Trinajstić information content (AvgIpc) is 3.60. The second kappa shape index (κ2) is 9.25. The summed E-state index contributed by atoms with van der Waals surface area (Å²) < 4.78 is 13.3. The topological polar surface area (TPSA) is 77.8 Å². The Kier molecular flexibility index (Phi) is 6.26. The third-order valence-corrected chi connectivity index (χ3v) is 5.53. The summed E-state index contributed by atoms with van der Waals surface area (Å²) in [5.74, 6) is 0.0145. The maximum absolute atomic E-state index is 13.2. The summed E-state index contributed by atoms with van der Waals surface area (Å²) in [5, 5.41) is 10.9. The predicted molar refractivity (Wildman–Crippen MR) is 119 cm³/mol. The lowest BCUT2D eigenvalue weighted by Gasteiger charge is -2.18. The van der Waals surface area contributed by atoms with Crippen molar-refractivity contribution in [3.05, 3.63) is 70.1 Å². The average molecular weight is 421 g/mol. The number of carbonyl (C=O) groups is 1. The molecule has 6 nitrogen and oxygen atoms in total. The zero-order chi connectivity index (χ0) is 21.8. The standard InChI is InChI=1S/C25H27NO5/c1-2-3-13-30-23-21-14-19(31-16-18-7-5-4-6-8-18)11-12-20(21)24(27)26(15-17-9-10-17)22(23)25(28)29/h4-8,11-12,14,17H,2-3,9-10,13,15-16H2,1H3,(H,28,29). The summed E-state index contributed by atoms with van der Waals surface area (Å²) in [6, 6.07) is 15.0. The Labute approximate surface area is 181 Å². The van der Waals surface area contributed by atoms with E-state index >= 15 is 0 Å². The molecule has 1 saturated carbocycles. The number of carboxylic acids is 1. The van der Waals surface area contributed by atoms with Crippen LogP contribution in [0.25, 0.3) is 10.8 Å². The Bertz CT molecular complexity index is 1130. The maximum atomic E-state index is 13.2. The Balaban J connectivity index is 1.78. The highest BCUT2D eigenvalue weighted by atomic mass is 16.5. The second-order valence-electron chi connectivity index (χ2n) is 8.03. The molecular weight excluding hydrogens is 394 g/mol. The zero-order valence-corrected chi connectivity index (χ0v) is 17.7. The van der Waals surface area contributed by atoms with Crippen molar-refractivity contribution >= 4 is 16.7 Å². The lowest BCUT2D eigenvalue weighted by atomic mass is 10.1. The fraction of sp³-hybridized carbons (Fsp3) is 0.360. The smallest absolute Gasteiger partial charge is 0.356 e. The zero-order valence-electron chi connectivity index (χ0n) is 17.7. The van der Waals surface area contributed by atoms with Gasteiger partial charge in [-0.15, -0.1) is 0 Å². The molecule has 1 aromatic heterocycles. The highest BCUT2D eigenvalue weighted by Gasteiger charge is 2.29. The number of carboxylic acid groups (broad SMARTS) is 1. The normalized spacial score (nSPS) is 13.3. The summed E-state index contributed by atoms with van der Waals surface area (Å²) in [6.45, 7) is 3.22. The molecular formula is C25H27NO5. The first-order valence-corrected chi connectivity index (χ1v) is 10.8. The van der Waals surface area contributed by atoms with Crippen molar-refractivity contribution in [3.63, 3.8) is 0 Å². The molecule has 1 heterocycles. The van der Waals surface area contributed by atoms with E-state index in [-0.39, 0.29) is 17.0 Å². The number of aromatic carboxylic acids is 1. The lowest BCUT2D eigenvalue weighted by molar-refractivity contribution is 0.0677. The number of ether oxygens (including phenoxy) is 2. The Morgan fingerprint density at radius 2 is 1.87 bits per heavy atom. The molecule has 1 N–H and O–H groups in total. The van der Waals surface area contributed by atoms with Crippen molar-refractivity contribution in [2.45, 2.75) is 45.8 Å². The second-order valence-corrected chi connectivity index (χ2v) is 8.03. The first-order valence-electron chi connectivity index (χ1n) is 10.8. The van der Waals surface area contributed by atoms with Crippen molar-refractivity contribution in [2.75, 3.05) is 6.61 Å². The third kappa shape index (κ3) is 4.74. The van der Waals surface area contributed by atoms with Gasteiger partial charge in [-0.3, -0.25) is 9.36 Å². The van der Waals surface area contributed by atoms with Gasteiger partial charge in [-0.1, -0.05) is 43.7 Å². The van der Waals surface area contributed by atoms with Crippen molar-refractivity contribution in [3.8, 4) is 11.5 Å². The van der Waals surface area contributed by atoms with Crippen LogP contribution in [-0.2, 0) is 13.2 Å². The van der Waals surface area contributed by atoms with Gasteiger partial charge in [0.1, 0.15) is 12.4 Å². The minimum absolute atomic E-state index is 0.0688. The van der Waals surface area contributed by atoms with E-state index in [1.165, 1.54) is 4.57 Å². The number of hydrogen-bond donors (Lipinski definition) is 1. The molecule has 0 bridgehead atoms. The van der Waals surface area contributed by atoms with Crippen LogP contribution in [0.4, 0.5) is 0 Å². The van der Waals surface area contributed by atoms with Crippen LogP contribution in [0.5, 0.6) is 11.5 Å². The molecule has 1 aliphatic rings. The first kappa shape index (κ1) is 21.0. The van der Waals surface area contributed by atoms with E-state index in [1.54, 1.807) is 18.2 Å². The van der Waals surface area contributed by atoms with E-state index in [0.717, 1.165) is 31.2 Å². The van der Waals surface area contributed by atoms with Gasteiger partial charge in [0.05, 0.1) is 12.0 Å². The van der Waals surface area contributed by atoms with E-state index < -0.39 is 5.97 Å². The van der Waals surface area contributed by atoms with Gasteiger partial charge in [0, 0.05) is 11.9 Å². The van der Waals surface area contributed by atoms with Gasteiger partial charge in [0.2, 0.25) is 0 Å². The SMILES string of the molecule is CCCCOc1c(C(=O)O)n(CC2CC2)c(=O)c2ccc(OCc3ccccc3)cc12. The van der Waals surface area contributed by atoms with Gasteiger partial charge in [-0.05, 0) is 48.9 Å². The largest absolute Gasteiger partial charge is 0.490 e. The Morgan fingerprint density at radius 3 is 2.55 bits per heavy atom. The summed E-state index contributed by atoms with van der Waals surface area (Å²) in [7, 11) is 0. The maximum Gasteiger partial charge on any atom is 0.356 e. The number of unbranched alkanes of at least 4 members (excludes halogenated alkanes) is 1. The van der Waals surface area contributed by atoms with Crippen LogP contribution in [0.2, 0.25) is 0 Å². The van der Waals surface area contributed by atoms with Crippen LogP contribution < -0.4 is 15.0 Å². The van der Waals surface area contributed by atoms with E-state index in [4.69, 9.17) is 9.47 Å². The molecule has 3 aromatic rings. The van der Waals surface area contributed by atoms with Crippen LogP contribution in [0, 0.1) is 5.92 Å². The van der Waals surface area contributed by atoms with Gasteiger partial charge >= 0.3 is 5.97 Å². The summed E-state index contributed by atoms with van der Waals surface area (Å²) >= 11 is 0. The molecule has 0 spiro atoms. The van der Waals surface area contributed by atoms with Crippen LogP contribution >= 0.6 is 0 Å². The van der Waals surface area contributed by atoms with E-state index in [0.29, 0.717) is 42.2 Å². The molecule has 2 aromatic carbocycles. The van der Waals surface area contributed by atoms with Gasteiger partial charge in [-0.2, -0.15) is 0 Å². The predicted octanol–water partition coefficient (Wildman–Crippen LogP) is 4.87. The van der Waals surface area contributed by atoms with Crippen molar-refractivity contribution in [1.29, 1.82) is 0 Å². The molecule has 0 aliphatic heterocycles. The summed E-state index contributed by atoms with van der Waals surface area (Å²) in [5.41, 5.74) is 0.658. The lowest BCUT2D eigenvalue weighted by Crippen LogP contribution is -2.28. The molecule has 4 rings (SSSR count). The van der Waals surface area contributed by atoms with Gasteiger partial charge in [-0.25, -0.2) is 4.79 Å². The fourth-order valence-electron chi connectivity index (χ4n) is 3.64. The fourth-order valence-corrected chi connectivity index (χ4v) is 3.64. The molecule has 31 heavy (non-hydrogen) atoms. The number of hydrogen-bond acceptors (Lipinski definition) is 4. The highest BCUT2D eigenvalue weighted by Crippen LogP contribution is 2.35. The summed E-state index contributed by atoms with van der Waals surface area (Å²) in [4.78, 5) is 25.4. The quantitative estimate of drug-likeness (QED) is 0.473. The monoisotopic (exact) mass is 421 g/mol. The molecule has 0 amide bonds. The molecule has 162 valence electrons. The molecule has 1 fully saturated rings. The van der Waals surface area contributed by atoms with Gasteiger partial charge < -0.3 is 14.6 Å².